The normalized spacial score (nSPS) is 44.7. The van der Waals surface area contributed by atoms with Crippen LogP contribution in [0.5, 0.6) is 0 Å². The maximum atomic E-state index is 11.7. The number of hydrogen-bond donors (Lipinski definition) is 2. The quantitative estimate of drug-likeness (QED) is 0.838. The van der Waals surface area contributed by atoms with Gasteiger partial charge in [-0.1, -0.05) is 26.2 Å². The number of nitrogens with zero attached hydrogens (tertiary/aromatic N) is 1. The highest BCUT2D eigenvalue weighted by Gasteiger charge is 2.59. The fraction of sp³-hybridized carbons (Fsp3) is 1.00. The molecule has 2 aliphatic heterocycles. The van der Waals surface area contributed by atoms with E-state index in [1.807, 2.05) is 0 Å². The zero-order valence-corrected chi connectivity index (χ0v) is 13.8. The van der Waals surface area contributed by atoms with Crippen LogP contribution in [0.25, 0.3) is 0 Å². The Kier molecular flexibility index (Phi) is 4.63. The molecule has 3 heteroatoms. The average molecular weight is 294 g/mol. The van der Waals surface area contributed by atoms with Gasteiger partial charge in [-0.2, -0.15) is 0 Å². The first-order chi connectivity index (χ1) is 10.1. The lowest BCUT2D eigenvalue weighted by molar-refractivity contribution is -0.128. The van der Waals surface area contributed by atoms with Crippen LogP contribution >= 0.6 is 0 Å². The van der Waals surface area contributed by atoms with Crippen molar-refractivity contribution in [2.45, 2.75) is 82.8 Å². The second-order valence-electron chi connectivity index (χ2n) is 7.94. The van der Waals surface area contributed by atoms with Gasteiger partial charge in [0.1, 0.15) is 0 Å². The molecule has 0 bridgehead atoms. The molecule has 0 aromatic rings. The minimum atomic E-state index is -0.515. The van der Waals surface area contributed by atoms with Crippen molar-refractivity contribution in [3.05, 3.63) is 0 Å². The molecule has 3 nitrogen and oxygen atoms in total. The summed E-state index contributed by atoms with van der Waals surface area (Å²) in [5, 5.41) is 11.7. The average Bonchev–Trinajstić information content (AvgIpc) is 2.88. The summed E-state index contributed by atoms with van der Waals surface area (Å²) in [5.74, 6) is 0.877. The van der Waals surface area contributed by atoms with E-state index in [4.69, 9.17) is 5.73 Å². The number of aliphatic hydroxyl groups is 1. The van der Waals surface area contributed by atoms with Crippen molar-refractivity contribution in [1.29, 1.82) is 0 Å². The van der Waals surface area contributed by atoms with Crippen LogP contribution in [-0.2, 0) is 0 Å². The third-order valence-corrected chi connectivity index (χ3v) is 7.01. The summed E-state index contributed by atoms with van der Waals surface area (Å²) in [6.45, 7) is 5.23. The van der Waals surface area contributed by atoms with Crippen molar-refractivity contribution in [2.75, 3.05) is 19.6 Å². The largest absolute Gasteiger partial charge is 0.388 e. The molecular weight excluding hydrogens is 260 g/mol. The third-order valence-electron chi connectivity index (χ3n) is 7.01. The van der Waals surface area contributed by atoms with Gasteiger partial charge in [-0.05, 0) is 57.4 Å². The van der Waals surface area contributed by atoms with Crippen LogP contribution in [0.1, 0.15) is 71.1 Å². The minimum absolute atomic E-state index is 0.00595. The Morgan fingerprint density at radius 1 is 1.10 bits per heavy atom. The van der Waals surface area contributed by atoms with E-state index in [9.17, 15) is 5.11 Å². The van der Waals surface area contributed by atoms with Crippen LogP contribution in [0, 0.1) is 11.3 Å². The van der Waals surface area contributed by atoms with Crippen LogP contribution in [0.3, 0.4) is 0 Å². The van der Waals surface area contributed by atoms with E-state index in [0.29, 0.717) is 12.6 Å². The summed E-state index contributed by atoms with van der Waals surface area (Å²) in [7, 11) is 0. The van der Waals surface area contributed by atoms with E-state index in [-0.39, 0.29) is 5.41 Å². The predicted molar refractivity (Wildman–Crippen MR) is 87.1 cm³/mol. The highest BCUT2D eigenvalue weighted by molar-refractivity contribution is 5.12. The van der Waals surface area contributed by atoms with Gasteiger partial charge in [0.15, 0.2) is 0 Å². The van der Waals surface area contributed by atoms with Crippen LogP contribution in [0.2, 0.25) is 0 Å². The van der Waals surface area contributed by atoms with E-state index in [0.717, 1.165) is 31.7 Å². The molecule has 2 atom stereocenters. The summed E-state index contributed by atoms with van der Waals surface area (Å²) in [4.78, 5) is 2.55. The Hall–Kier alpha value is -0.120. The summed E-state index contributed by atoms with van der Waals surface area (Å²) in [6.07, 6.45) is 12.2. The molecule has 3 aliphatic rings. The van der Waals surface area contributed by atoms with Gasteiger partial charge in [0.05, 0.1) is 5.60 Å². The smallest absolute Gasteiger partial charge is 0.0882 e. The lowest BCUT2D eigenvalue weighted by Crippen LogP contribution is -2.61. The highest BCUT2D eigenvalue weighted by atomic mass is 16.3. The standard InChI is InChI=1S/C18H34N2O/c1-2-5-15-7-9-17(14-19,10-8-15)18(21)11-13-20-12-4-3-6-16(18)20/h15-16,21H,2-14,19H2,1H3. The highest BCUT2D eigenvalue weighted by Crippen LogP contribution is 2.53. The Labute approximate surface area is 130 Å². The van der Waals surface area contributed by atoms with E-state index in [1.54, 1.807) is 0 Å². The molecule has 3 N–H and O–H groups in total. The van der Waals surface area contributed by atoms with Gasteiger partial charge in [0.25, 0.3) is 0 Å². The molecule has 0 aromatic carbocycles. The van der Waals surface area contributed by atoms with Crippen LogP contribution in [0.15, 0.2) is 0 Å². The Morgan fingerprint density at radius 2 is 1.86 bits per heavy atom. The van der Waals surface area contributed by atoms with E-state index in [2.05, 4.69) is 11.8 Å². The zero-order chi connectivity index (χ0) is 14.9. The summed E-state index contributed by atoms with van der Waals surface area (Å²) in [5.41, 5.74) is 5.75. The molecule has 2 unspecified atom stereocenters. The predicted octanol–water partition coefficient (Wildman–Crippen LogP) is 2.91. The van der Waals surface area contributed by atoms with Crippen molar-refractivity contribution in [3.63, 3.8) is 0 Å². The Morgan fingerprint density at radius 3 is 2.52 bits per heavy atom. The lowest BCUT2D eigenvalue weighted by Gasteiger charge is -2.53. The fourth-order valence-corrected chi connectivity index (χ4v) is 5.64. The first-order valence-corrected chi connectivity index (χ1v) is 9.32. The van der Waals surface area contributed by atoms with E-state index in [1.165, 1.54) is 51.5 Å². The Balaban J connectivity index is 1.76. The van der Waals surface area contributed by atoms with Crippen LogP contribution in [-0.4, -0.2) is 41.3 Å². The van der Waals surface area contributed by atoms with Crippen LogP contribution in [0.4, 0.5) is 0 Å². The van der Waals surface area contributed by atoms with Gasteiger partial charge in [0.2, 0.25) is 0 Å². The van der Waals surface area contributed by atoms with Gasteiger partial charge >= 0.3 is 0 Å². The molecule has 3 rings (SSSR count). The third kappa shape index (κ3) is 2.55. The number of piperidine rings is 1. The number of hydrogen-bond acceptors (Lipinski definition) is 3. The van der Waals surface area contributed by atoms with Crippen molar-refractivity contribution >= 4 is 0 Å². The molecule has 0 amide bonds. The lowest BCUT2D eigenvalue weighted by atomic mass is 9.58. The first kappa shape index (κ1) is 15.8. The van der Waals surface area contributed by atoms with Crippen molar-refractivity contribution in [2.24, 2.45) is 17.1 Å². The SMILES string of the molecule is CCCC1CCC(CN)(C2(O)CCN3CCCCC32)CC1. The molecule has 3 fully saturated rings. The van der Waals surface area contributed by atoms with Crippen molar-refractivity contribution in [1.82, 2.24) is 4.90 Å². The molecule has 1 saturated carbocycles. The van der Waals surface area contributed by atoms with Crippen molar-refractivity contribution in [3.8, 4) is 0 Å². The topological polar surface area (TPSA) is 49.5 Å². The maximum Gasteiger partial charge on any atom is 0.0882 e. The molecule has 0 radical (unpaired) electrons. The maximum absolute atomic E-state index is 11.7. The molecule has 122 valence electrons. The van der Waals surface area contributed by atoms with Gasteiger partial charge in [0, 0.05) is 24.5 Å². The minimum Gasteiger partial charge on any atom is -0.388 e. The number of nitrogens with two attached hydrogens (primary N) is 1. The van der Waals surface area contributed by atoms with E-state index < -0.39 is 5.60 Å². The Bertz CT molecular complexity index is 351. The van der Waals surface area contributed by atoms with E-state index >= 15 is 0 Å². The second-order valence-corrected chi connectivity index (χ2v) is 7.94. The number of rotatable bonds is 4. The number of fused-ring (bicyclic) bond motifs is 1. The first-order valence-electron chi connectivity index (χ1n) is 9.32. The molecule has 2 saturated heterocycles. The fourth-order valence-electron chi connectivity index (χ4n) is 5.64. The molecule has 21 heavy (non-hydrogen) atoms. The monoisotopic (exact) mass is 294 g/mol. The van der Waals surface area contributed by atoms with Gasteiger partial charge in [-0.3, -0.25) is 4.90 Å². The summed E-state index contributed by atoms with van der Waals surface area (Å²) >= 11 is 0. The summed E-state index contributed by atoms with van der Waals surface area (Å²) in [6, 6.07) is 0.387. The van der Waals surface area contributed by atoms with Gasteiger partial charge in [-0.25, -0.2) is 0 Å². The second kappa shape index (κ2) is 6.17. The molecule has 0 aromatic heterocycles. The molecular formula is C18H34N2O. The van der Waals surface area contributed by atoms with Gasteiger partial charge in [-0.15, -0.1) is 0 Å². The summed E-state index contributed by atoms with van der Waals surface area (Å²) < 4.78 is 0. The molecule has 2 heterocycles. The molecule has 0 spiro atoms. The van der Waals surface area contributed by atoms with Crippen LogP contribution < -0.4 is 5.73 Å². The van der Waals surface area contributed by atoms with Gasteiger partial charge < -0.3 is 10.8 Å². The van der Waals surface area contributed by atoms with Crippen molar-refractivity contribution < 1.29 is 5.11 Å². The molecule has 1 aliphatic carbocycles. The zero-order valence-electron chi connectivity index (χ0n) is 13.8.